The fourth-order valence-corrected chi connectivity index (χ4v) is 4.94. The molecule has 0 unspecified atom stereocenters. The molecular weight excluding hydrogens is 556 g/mol. The van der Waals surface area contributed by atoms with E-state index in [1.807, 2.05) is 92.7 Å². The monoisotopic (exact) mass is 586 g/mol. The second-order valence-electron chi connectivity index (χ2n) is 8.72. The van der Waals surface area contributed by atoms with Crippen LogP contribution in [-0.4, -0.2) is 34.6 Å². The van der Waals surface area contributed by atoms with Gasteiger partial charge in [0.25, 0.3) is 0 Å². The zero-order valence-electron chi connectivity index (χ0n) is 20.6. The van der Waals surface area contributed by atoms with Gasteiger partial charge in [-0.25, -0.2) is 0 Å². The lowest BCUT2D eigenvalue weighted by molar-refractivity contribution is -0.141. The van der Waals surface area contributed by atoms with Crippen LogP contribution in [0.2, 0.25) is 5.02 Å². The Labute approximate surface area is 231 Å². The summed E-state index contributed by atoms with van der Waals surface area (Å²) in [7, 11) is 0. The molecular formula is C29H32BrClN2O2S. The Kier molecular flexibility index (Phi) is 11.4. The van der Waals surface area contributed by atoms with Gasteiger partial charge in [-0.3, -0.25) is 9.59 Å². The minimum atomic E-state index is -0.613. The number of rotatable bonds is 12. The maximum Gasteiger partial charge on any atom is 0.243 e. The molecule has 7 heteroatoms. The lowest BCUT2D eigenvalue weighted by atomic mass is 10.0. The van der Waals surface area contributed by atoms with E-state index in [4.69, 9.17) is 11.6 Å². The summed E-state index contributed by atoms with van der Waals surface area (Å²) >= 11 is 11.1. The second-order valence-corrected chi connectivity index (χ2v) is 11.2. The van der Waals surface area contributed by atoms with Crippen LogP contribution in [0, 0.1) is 0 Å². The first kappa shape index (κ1) is 28.3. The van der Waals surface area contributed by atoms with Gasteiger partial charge in [0.1, 0.15) is 6.04 Å². The van der Waals surface area contributed by atoms with Crippen LogP contribution in [0.1, 0.15) is 37.8 Å². The van der Waals surface area contributed by atoms with E-state index in [-0.39, 0.29) is 17.9 Å². The summed E-state index contributed by atoms with van der Waals surface area (Å²) in [6.07, 6.45) is 1.60. The van der Waals surface area contributed by atoms with Crippen molar-refractivity contribution in [2.45, 2.75) is 56.6 Å². The molecule has 0 aliphatic carbocycles. The number of carbonyl (C=O) groups excluding carboxylic acids is 2. The highest BCUT2D eigenvalue weighted by atomic mass is 79.9. The molecule has 0 saturated heterocycles. The summed E-state index contributed by atoms with van der Waals surface area (Å²) in [4.78, 5) is 30.0. The zero-order chi connectivity index (χ0) is 25.9. The summed E-state index contributed by atoms with van der Waals surface area (Å²) < 4.78 is 0.971. The Morgan fingerprint density at radius 3 is 2.28 bits per heavy atom. The average Bonchev–Trinajstić information content (AvgIpc) is 2.88. The molecule has 0 heterocycles. The molecule has 0 aromatic heterocycles. The Hall–Kier alpha value is -2.28. The van der Waals surface area contributed by atoms with Crippen molar-refractivity contribution < 1.29 is 9.59 Å². The molecule has 0 radical (unpaired) electrons. The summed E-state index contributed by atoms with van der Waals surface area (Å²) in [6.45, 7) is 4.39. The van der Waals surface area contributed by atoms with Gasteiger partial charge in [0.15, 0.2) is 0 Å². The predicted octanol–water partition coefficient (Wildman–Crippen LogP) is 7.14. The number of halogens is 2. The number of nitrogens with zero attached hydrogens (tertiary/aromatic N) is 1. The van der Waals surface area contributed by atoms with Gasteiger partial charge in [0.05, 0.1) is 0 Å². The highest BCUT2D eigenvalue weighted by Crippen LogP contribution is 2.23. The van der Waals surface area contributed by atoms with E-state index in [9.17, 15) is 9.59 Å². The third-order valence-electron chi connectivity index (χ3n) is 5.94. The molecule has 190 valence electrons. The van der Waals surface area contributed by atoms with Crippen LogP contribution in [0.25, 0.3) is 0 Å². The third kappa shape index (κ3) is 8.99. The number of benzene rings is 3. The highest BCUT2D eigenvalue weighted by Gasteiger charge is 2.30. The van der Waals surface area contributed by atoms with Crippen molar-refractivity contribution >= 4 is 51.1 Å². The number of thioether (sulfide) groups is 1. The molecule has 0 bridgehead atoms. The number of nitrogens with one attached hydrogen (secondary N) is 1. The molecule has 2 amide bonds. The number of carbonyl (C=O) groups is 2. The molecule has 0 saturated carbocycles. The van der Waals surface area contributed by atoms with Crippen LogP contribution in [0.15, 0.2) is 88.2 Å². The molecule has 0 spiro atoms. The zero-order valence-corrected chi connectivity index (χ0v) is 23.8. The molecule has 3 aromatic rings. The lowest BCUT2D eigenvalue weighted by Crippen LogP contribution is -2.52. The van der Waals surface area contributed by atoms with Crippen molar-refractivity contribution in [2.24, 2.45) is 0 Å². The predicted molar refractivity (Wildman–Crippen MR) is 153 cm³/mol. The van der Waals surface area contributed by atoms with Gasteiger partial charge in [0, 0.05) is 45.6 Å². The van der Waals surface area contributed by atoms with E-state index in [0.717, 1.165) is 26.9 Å². The topological polar surface area (TPSA) is 49.4 Å². The van der Waals surface area contributed by atoms with Crippen molar-refractivity contribution in [3.05, 3.63) is 99.5 Å². The number of hydrogen-bond acceptors (Lipinski definition) is 3. The standard InChI is InChI=1S/C29H32BrClN2O2S/c1-3-21(2)32-29(35)27(19-22-7-5-4-6-8-22)33(20-23-9-11-24(30)12-10-23)28(34)17-18-36-26-15-13-25(31)14-16-26/h4-16,21,27H,3,17-20H2,1-2H3,(H,32,35)/t21-,27+/m0/s1. The molecule has 0 aliphatic heterocycles. The molecule has 0 fully saturated rings. The third-order valence-corrected chi connectivity index (χ3v) is 7.73. The Balaban J connectivity index is 1.84. The van der Waals surface area contributed by atoms with Gasteiger partial charge in [-0.1, -0.05) is 76.9 Å². The van der Waals surface area contributed by atoms with Crippen molar-refractivity contribution in [3.8, 4) is 0 Å². The Morgan fingerprint density at radius 2 is 1.64 bits per heavy atom. The van der Waals surface area contributed by atoms with E-state index >= 15 is 0 Å². The van der Waals surface area contributed by atoms with Gasteiger partial charge >= 0.3 is 0 Å². The molecule has 3 aromatic carbocycles. The molecule has 36 heavy (non-hydrogen) atoms. The van der Waals surface area contributed by atoms with Crippen molar-refractivity contribution in [2.75, 3.05) is 5.75 Å². The summed E-state index contributed by atoms with van der Waals surface area (Å²) in [5.74, 6) is 0.450. The first-order valence-corrected chi connectivity index (χ1v) is 14.3. The molecule has 2 atom stereocenters. The summed E-state index contributed by atoms with van der Waals surface area (Å²) in [6, 6.07) is 24.8. The lowest BCUT2D eigenvalue weighted by Gasteiger charge is -2.32. The van der Waals surface area contributed by atoms with Crippen LogP contribution in [-0.2, 0) is 22.6 Å². The minimum absolute atomic E-state index is 0.0286. The molecule has 1 N–H and O–H groups in total. The first-order chi connectivity index (χ1) is 17.4. The molecule has 4 nitrogen and oxygen atoms in total. The fraction of sp³-hybridized carbons (Fsp3) is 0.310. The van der Waals surface area contributed by atoms with Crippen LogP contribution in [0.3, 0.4) is 0 Å². The molecule has 3 rings (SSSR count). The van der Waals surface area contributed by atoms with Crippen molar-refractivity contribution in [3.63, 3.8) is 0 Å². The largest absolute Gasteiger partial charge is 0.352 e. The van der Waals surface area contributed by atoms with Crippen LogP contribution < -0.4 is 5.32 Å². The van der Waals surface area contributed by atoms with Crippen LogP contribution >= 0.6 is 39.3 Å². The van der Waals surface area contributed by atoms with Gasteiger partial charge < -0.3 is 10.2 Å². The van der Waals surface area contributed by atoms with E-state index in [0.29, 0.717) is 30.2 Å². The highest BCUT2D eigenvalue weighted by molar-refractivity contribution is 9.10. The maximum absolute atomic E-state index is 13.7. The van der Waals surface area contributed by atoms with E-state index in [1.54, 1.807) is 16.7 Å². The van der Waals surface area contributed by atoms with E-state index in [2.05, 4.69) is 21.2 Å². The normalized spacial score (nSPS) is 12.6. The minimum Gasteiger partial charge on any atom is -0.352 e. The van der Waals surface area contributed by atoms with E-state index < -0.39 is 6.04 Å². The second kappa shape index (κ2) is 14.5. The Bertz CT molecular complexity index is 1110. The van der Waals surface area contributed by atoms with Gasteiger partial charge in [0.2, 0.25) is 11.8 Å². The van der Waals surface area contributed by atoms with E-state index in [1.165, 1.54) is 0 Å². The van der Waals surface area contributed by atoms with Gasteiger partial charge in [-0.05, 0) is 60.9 Å². The van der Waals surface area contributed by atoms with Crippen LogP contribution in [0.4, 0.5) is 0 Å². The summed E-state index contributed by atoms with van der Waals surface area (Å²) in [5.41, 5.74) is 2.00. The average molecular weight is 588 g/mol. The SMILES string of the molecule is CC[C@H](C)NC(=O)[C@@H](Cc1ccccc1)N(Cc1ccc(Br)cc1)C(=O)CCSc1ccc(Cl)cc1. The van der Waals surface area contributed by atoms with Gasteiger partial charge in [-0.15, -0.1) is 11.8 Å². The van der Waals surface area contributed by atoms with Crippen LogP contribution in [0.5, 0.6) is 0 Å². The van der Waals surface area contributed by atoms with Crippen molar-refractivity contribution in [1.82, 2.24) is 10.2 Å². The maximum atomic E-state index is 13.7. The molecule has 0 aliphatic rings. The van der Waals surface area contributed by atoms with Gasteiger partial charge in [-0.2, -0.15) is 0 Å². The first-order valence-electron chi connectivity index (χ1n) is 12.1. The number of hydrogen-bond donors (Lipinski definition) is 1. The number of amides is 2. The summed E-state index contributed by atoms with van der Waals surface area (Å²) in [5, 5.41) is 3.80. The quantitative estimate of drug-likeness (QED) is 0.229. The smallest absolute Gasteiger partial charge is 0.243 e. The Morgan fingerprint density at radius 1 is 0.972 bits per heavy atom. The van der Waals surface area contributed by atoms with Crippen molar-refractivity contribution in [1.29, 1.82) is 0 Å². The fourth-order valence-electron chi connectivity index (χ4n) is 3.71.